The molecule has 1 amide bonds. The largest absolute Gasteiger partial charge is 0.490 e. The molecule has 1 aliphatic heterocycles. The molecule has 7 nitrogen and oxygen atoms in total. The minimum absolute atomic E-state index is 0.0217. The Labute approximate surface area is 225 Å². The molecule has 5 aromatic rings. The molecule has 1 atom stereocenters. The van der Waals surface area contributed by atoms with Crippen molar-refractivity contribution >= 4 is 22.7 Å². The number of fused-ring (bicyclic) bond motifs is 2. The summed E-state index contributed by atoms with van der Waals surface area (Å²) < 4.78 is 18.1. The van der Waals surface area contributed by atoms with Crippen LogP contribution < -0.4 is 19.8 Å². The van der Waals surface area contributed by atoms with E-state index in [0.29, 0.717) is 47.1 Å². The average Bonchev–Trinajstić information content (AvgIpc) is 3.26. The molecule has 0 aliphatic carbocycles. The first kappa shape index (κ1) is 24.4. The summed E-state index contributed by atoms with van der Waals surface area (Å²) in [5, 5.41) is 0.417. The lowest BCUT2D eigenvalue weighted by molar-refractivity contribution is 0.0970. The molecule has 1 aliphatic rings. The lowest BCUT2D eigenvalue weighted by Gasteiger charge is -2.25. The second-order valence-corrected chi connectivity index (χ2v) is 9.36. The maximum absolute atomic E-state index is 13.8. The minimum Gasteiger partial charge on any atom is -0.490 e. The first-order valence-corrected chi connectivity index (χ1v) is 12.8. The van der Waals surface area contributed by atoms with Crippen LogP contribution >= 0.6 is 0 Å². The predicted molar refractivity (Wildman–Crippen MR) is 148 cm³/mol. The Morgan fingerprint density at radius 1 is 0.897 bits per heavy atom. The monoisotopic (exact) mass is 518 g/mol. The highest BCUT2D eigenvalue weighted by Crippen LogP contribution is 2.43. The zero-order valence-corrected chi connectivity index (χ0v) is 21.6. The highest BCUT2D eigenvalue weighted by Gasteiger charge is 2.44. The number of ether oxygens (including phenoxy) is 2. The van der Waals surface area contributed by atoms with Crippen molar-refractivity contribution in [3.8, 4) is 11.5 Å². The number of nitrogens with zero attached hydrogens (tertiary/aromatic N) is 2. The molecular formula is C32H26N2O5. The van der Waals surface area contributed by atoms with Crippen molar-refractivity contribution < 1.29 is 18.7 Å². The van der Waals surface area contributed by atoms with Gasteiger partial charge in [-0.15, -0.1) is 0 Å². The molecule has 3 aromatic carbocycles. The molecular weight excluding hydrogens is 492 g/mol. The molecule has 0 spiro atoms. The number of hydrogen-bond donors (Lipinski definition) is 0. The van der Waals surface area contributed by atoms with Gasteiger partial charge in [-0.3, -0.25) is 14.5 Å². The van der Waals surface area contributed by atoms with E-state index < -0.39 is 11.9 Å². The van der Waals surface area contributed by atoms with Crippen LogP contribution in [0.25, 0.3) is 11.0 Å². The number of hydrogen-bond acceptors (Lipinski definition) is 6. The Kier molecular flexibility index (Phi) is 6.32. The number of aryl methyl sites for hydroxylation is 1. The van der Waals surface area contributed by atoms with Gasteiger partial charge < -0.3 is 13.9 Å². The molecule has 0 radical (unpaired) electrons. The fourth-order valence-corrected chi connectivity index (χ4v) is 4.89. The van der Waals surface area contributed by atoms with Crippen molar-refractivity contribution in [1.82, 2.24) is 4.98 Å². The first-order chi connectivity index (χ1) is 19.0. The zero-order valence-electron chi connectivity index (χ0n) is 21.6. The van der Waals surface area contributed by atoms with E-state index >= 15 is 0 Å². The van der Waals surface area contributed by atoms with Gasteiger partial charge in [0.15, 0.2) is 16.9 Å². The maximum Gasteiger partial charge on any atom is 0.296 e. The van der Waals surface area contributed by atoms with Crippen LogP contribution in [0.15, 0.2) is 100 Å². The Hall–Kier alpha value is -4.91. The number of pyridine rings is 1. The Morgan fingerprint density at radius 2 is 1.69 bits per heavy atom. The van der Waals surface area contributed by atoms with Crippen LogP contribution in [-0.4, -0.2) is 17.5 Å². The van der Waals surface area contributed by atoms with Crippen molar-refractivity contribution in [2.75, 3.05) is 11.5 Å². The molecule has 7 heteroatoms. The smallest absolute Gasteiger partial charge is 0.296 e. The molecule has 2 aromatic heterocycles. The molecule has 39 heavy (non-hydrogen) atoms. The summed E-state index contributed by atoms with van der Waals surface area (Å²) in [5.74, 6) is 1.12. The minimum atomic E-state index is -0.758. The number of amides is 1. The van der Waals surface area contributed by atoms with Crippen molar-refractivity contribution in [3.05, 3.63) is 129 Å². The fraction of sp³-hybridized carbons (Fsp3) is 0.156. The topological polar surface area (TPSA) is 81.9 Å². The second-order valence-electron chi connectivity index (χ2n) is 9.36. The van der Waals surface area contributed by atoms with Crippen LogP contribution in [0.5, 0.6) is 11.5 Å². The van der Waals surface area contributed by atoms with Gasteiger partial charge in [0.2, 0.25) is 5.76 Å². The summed E-state index contributed by atoms with van der Waals surface area (Å²) >= 11 is 0. The zero-order chi connectivity index (χ0) is 26.9. The lowest BCUT2D eigenvalue weighted by atomic mass is 9.98. The van der Waals surface area contributed by atoms with Gasteiger partial charge >= 0.3 is 0 Å². The van der Waals surface area contributed by atoms with Crippen LogP contribution in [0, 0.1) is 6.92 Å². The number of rotatable bonds is 7. The Bertz CT molecular complexity index is 1730. The van der Waals surface area contributed by atoms with Crippen LogP contribution in [0.2, 0.25) is 0 Å². The van der Waals surface area contributed by atoms with Gasteiger partial charge in [-0.05, 0) is 60.9 Å². The summed E-state index contributed by atoms with van der Waals surface area (Å²) in [5.41, 5.74) is 3.07. The number of carbonyl (C=O) groups excluding carboxylic acids is 1. The van der Waals surface area contributed by atoms with E-state index in [2.05, 4.69) is 4.98 Å². The van der Waals surface area contributed by atoms with Crippen LogP contribution in [0.1, 0.15) is 45.8 Å². The Balaban J connectivity index is 1.49. The molecule has 0 saturated carbocycles. The van der Waals surface area contributed by atoms with E-state index in [4.69, 9.17) is 13.9 Å². The third-order valence-electron chi connectivity index (χ3n) is 6.74. The van der Waals surface area contributed by atoms with Crippen molar-refractivity contribution in [2.45, 2.75) is 26.5 Å². The van der Waals surface area contributed by atoms with E-state index in [1.807, 2.05) is 68.4 Å². The summed E-state index contributed by atoms with van der Waals surface area (Å²) in [4.78, 5) is 33.6. The van der Waals surface area contributed by atoms with E-state index in [1.54, 1.807) is 36.5 Å². The summed E-state index contributed by atoms with van der Waals surface area (Å²) in [6.45, 7) is 4.61. The summed E-state index contributed by atoms with van der Waals surface area (Å²) in [6, 6.07) is 25.2. The van der Waals surface area contributed by atoms with Crippen molar-refractivity contribution in [1.29, 1.82) is 0 Å². The van der Waals surface area contributed by atoms with E-state index in [9.17, 15) is 9.59 Å². The summed E-state index contributed by atoms with van der Waals surface area (Å²) in [7, 11) is 0. The van der Waals surface area contributed by atoms with Gasteiger partial charge in [-0.1, -0.05) is 54.6 Å². The molecule has 0 bridgehead atoms. The van der Waals surface area contributed by atoms with E-state index in [-0.39, 0.29) is 16.8 Å². The van der Waals surface area contributed by atoms with Crippen LogP contribution in [-0.2, 0) is 6.61 Å². The van der Waals surface area contributed by atoms with Gasteiger partial charge in [-0.2, -0.15) is 0 Å². The highest BCUT2D eigenvalue weighted by atomic mass is 16.5. The standard InChI is InChI=1S/C32H26N2O5/c1-3-37-26-17-22(14-15-25(26)38-19-21-9-5-4-6-10-21)29-28-30(35)23-11-7-8-12-24(23)39-31(28)32(36)34(29)27-16-13-20(2)18-33-27/h4-18,29H,3,19H2,1-2H3. The van der Waals surface area contributed by atoms with E-state index in [0.717, 1.165) is 11.1 Å². The normalized spacial score (nSPS) is 14.5. The molecule has 6 rings (SSSR count). The highest BCUT2D eigenvalue weighted by molar-refractivity contribution is 6.10. The quantitative estimate of drug-likeness (QED) is 0.254. The van der Waals surface area contributed by atoms with Gasteiger partial charge in [0.25, 0.3) is 5.91 Å². The second kappa shape index (κ2) is 10.1. The van der Waals surface area contributed by atoms with Gasteiger partial charge in [0.1, 0.15) is 18.0 Å². The Morgan fingerprint density at radius 3 is 2.46 bits per heavy atom. The van der Waals surface area contributed by atoms with Gasteiger partial charge in [-0.25, -0.2) is 4.98 Å². The number of carbonyl (C=O) groups is 1. The van der Waals surface area contributed by atoms with Gasteiger partial charge in [0, 0.05) is 6.20 Å². The lowest BCUT2D eigenvalue weighted by Crippen LogP contribution is -2.30. The molecule has 0 saturated heterocycles. The molecule has 1 unspecified atom stereocenters. The maximum atomic E-state index is 13.8. The molecule has 0 N–H and O–H groups in total. The van der Waals surface area contributed by atoms with Crippen molar-refractivity contribution in [2.24, 2.45) is 0 Å². The van der Waals surface area contributed by atoms with Crippen LogP contribution in [0.4, 0.5) is 5.82 Å². The number of anilines is 1. The molecule has 3 heterocycles. The molecule has 194 valence electrons. The number of para-hydroxylation sites is 1. The summed E-state index contributed by atoms with van der Waals surface area (Å²) in [6.07, 6.45) is 1.69. The van der Waals surface area contributed by atoms with E-state index in [1.165, 1.54) is 4.90 Å². The predicted octanol–water partition coefficient (Wildman–Crippen LogP) is 6.22. The first-order valence-electron chi connectivity index (χ1n) is 12.8. The number of benzene rings is 3. The third-order valence-corrected chi connectivity index (χ3v) is 6.74. The number of aromatic nitrogens is 1. The average molecular weight is 519 g/mol. The third kappa shape index (κ3) is 4.42. The van der Waals surface area contributed by atoms with Crippen LogP contribution in [0.3, 0.4) is 0 Å². The fourth-order valence-electron chi connectivity index (χ4n) is 4.89. The molecule has 0 fully saturated rings. The van der Waals surface area contributed by atoms with Gasteiger partial charge in [0.05, 0.1) is 23.6 Å². The van der Waals surface area contributed by atoms with Crippen molar-refractivity contribution in [3.63, 3.8) is 0 Å². The SMILES string of the molecule is CCOc1cc(C2c3c(oc4ccccc4c3=O)C(=O)N2c2ccc(C)cn2)ccc1OCc1ccccc1.